The Bertz CT molecular complexity index is 485. The standard InChI is InChI=1S/C16H22FNO2/c1-4-12(2)10-18(3)11-13-5-7-15(17)14(9-13)6-8-16(19)20/h5-9,12H,4,10-11H2,1-3H3,(H,19,20). The van der Waals surface area contributed by atoms with E-state index in [2.05, 4.69) is 18.7 Å². The van der Waals surface area contributed by atoms with Crippen LogP contribution in [-0.2, 0) is 11.3 Å². The fraction of sp³-hybridized carbons (Fsp3) is 0.438. The van der Waals surface area contributed by atoms with E-state index < -0.39 is 11.8 Å². The Kier molecular flexibility index (Phi) is 6.39. The summed E-state index contributed by atoms with van der Waals surface area (Å²) in [6.07, 6.45) is 3.36. The average molecular weight is 279 g/mol. The van der Waals surface area contributed by atoms with Crippen LogP contribution in [0.1, 0.15) is 31.4 Å². The number of hydrogen-bond donors (Lipinski definition) is 1. The number of rotatable bonds is 7. The molecule has 0 saturated heterocycles. The van der Waals surface area contributed by atoms with Crippen LogP contribution in [0.15, 0.2) is 24.3 Å². The molecule has 1 aromatic rings. The van der Waals surface area contributed by atoms with Crippen molar-refractivity contribution in [3.63, 3.8) is 0 Å². The van der Waals surface area contributed by atoms with E-state index >= 15 is 0 Å². The molecule has 0 aromatic heterocycles. The summed E-state index contributed by atoms with van der Waals surface area (Å²) in [4.78, 5) is 12.7. The maximum atomic E-state index is 13.6. The Morgan fingerprint density at radius 3 is 2.80 bits per heavy atom. The predicted octanol–water partition coefficient (Wildman–Crippen LogP) is 3.40. The smallest absolute Gasteiger partial charge is 0.328 e. The number of aliphatic carboxylic acids is 1. The molecule has 0 heterocycles. The van der Waals surface area contributed by atoms with Crippen LogP contribution in [0.4, 0.5) is 4.39 Å². The molecule has 3 nitrogen and oxygen atoms in total. The van der Waals surface area contributed by atoms with Crippen LogP contribution in [0.25, 0.3) is 6.08 Å². The first-order valence-electron chi connectivity index (χ1n) is 6.80. The molecule has 1 N–H and O–H groups in total. The highest BCUT2D eigenvalue weighted by molar-refractivity contribution is 5.85. The Labute approximate surface area is 119 Å². The van der Waals surface area contributed by atoms with Crippen LogP contribution in [0.2, 0.25) is 0 Å². The van der Waals surface area contributed by atoms with Crippen LogP contribution >= 0.6 is 0 Å². The van der Waals surface area contributed by atoms with Crippen LogP contribution in [0.5, 0.6) is 0 Å². The first kappa shape index (κ1) is 16.4. The van der Waals surface area contributed by atoms with Gasteiger partial charge in [0.25, 0.3) is 0 Å². The van der Waals surface area contributed by atoms with Gasteiger partial charge in [0.15, 0.2) is 0 Å². The Morgan fingerprint density at radius 2 is 2.20 bits per heavy atom. The summed E-state index contributed by atoms with van der Waals surface area (Å²) < 4.78 is 13.6. The van der Waals surface area contributed by atoms with Gasteiger partial charge < -0.3 is 10.0 Å². The zero-order valence-corrected chi connectivity index (χ0v) is 12.3. The molecule has 0 saturated carbocycles. The van der Waals surface area contributed by atoms with Crippen molar-refractivity contribution in [3.05, 3.63) is 41.2 Å². The summed E-state index contributed by atoms with van der Waals surface area (Å²) in [5.74, 6) is -0.869. The predicted molar refractivity (Wildman–Crippen MR) is 78.9 cm³/mol. The number of hydrogen-bond acceptors (Lipinski definition) is 2. The molecule has 0 aliphatic carbocycles. The second-order valence-corrected chi connectivity index (χ2v) is 5.24. The third-order valence-corrected chi connectivity index (χ3v) is 3.24. The van der Waals surface area contributed by atoms with E-state index in [1.807, 2.05) is 7.05 Å². The minimum absolute atomic E-state index is 0.307. The minimum atomic E-state index is -1.08. The molecule has 0 fully saturated rings. The fourth-order valence-corrected chi connectivity index (χ4v) is 2.02. The lowest BCUT2D eigenvalue weighted by Crippen LogP contribution is -2.23. The Morgan fingerprint density at radius 1 is 1.50 bits per heavy atom. The molecular weight excluding hydrogens is 257 g/mol. The summed E-state index contributed by atoms with van der Waals surface area (Å²) in [5, 5.41) is 8.59. The van der Waals surface area contributed by atoms with Crippen molar-refractivity contribution in [2.45, 2.75) is 26.8 Å². The Balaban J connectivity index is 2.76. The second kappa shape index (κ2) is 7.80. The average Bonchev–Trinajstić information content (AvgIpc) is 2.38. The van der Waals surface area contributed by atoms with Gasteiger partial charge >= 0.3 is 5.97 Å². The second-order valence-electron chi connectivity index (χ2n) is 5.24. The number of carboxylic acid groups (broad SMARTS) is 1. The summed E-state index contributed by atoms with van der Waals surface area (Å²) in [6.45, 7) is 6.06. The lowest BCUT2D eigenvalue weighted by molar-refractivity contribution is -0.131. The van der Waals surface area contributed by atoms with Gasteiger partial charge in [-0.15, -0.1) is 0 Å². The summed E-state index contributed by atoms with van der Waals surface area (Å²) >= 11 is 0. The van der Waals surface area contributed by atoms with E-state index in [1.54, 1.807) is 12.1 Å². The SMILES string of the molecule is CCC(C)CN(C)Cc1ccc(F)c(C=CC(=O)O)c1. The molecule has 110 valence electrons. The van der Waals surface area contributed by atoms with E-state index in [-0.39, 0.29) is 0 Å². The summed E-state index contributed by atoms with van der Waals surface area (Å²) in [7, 11) is 2.03. The largest absolute Gasteiger partial charge is 0.478 e. The monoisotopic (exact) mass is 279 g/mol. The number of nitrogens with zero attached hydrogens (tertiary/aromatic N) is 1. The quantitative estimate of drug-likeness (QED) is 0.778. The van der Waals surface area contributed by atoms with Gasteiger partial charge in [0.2, 0.25) is 0 Å². The zero-order chi connectivity index (χ0) is 15.1. The van der Waals surface area contributed by atoms with Crippen molar-refractivity contribution < 1.29 is 14.3 Å². The molecule has 1 atom stereocenters. The van der Waals surface area contributed by atoms with Gasteiger partial charge in [0.05, 0.1) is 0 Å². The fourth-order valence-electron chi connectivity index (χ4n) is 2.02. The number of halogens is 1. The van der Waals surface area contributed by atoms with Crippen molar-refractivity contribution >= 4 is 12.0 Å². The van der Waals surface area contributed by atoms with Gasteiger partial charge in [-0.05, 0) is 36.7 Å². The van der Waals surface area contributed by atoms with Gasteiger partial charge in [-0.3, -0.25) is 0 Å². The maximum Gasteiger partial charge on any atom is 0.328 e. The highest BCUT2D eigenvalue weighted by Crippen LogP contribution is 2.14. The van der Waals surface area contributed by atoms with Crippen LogP contribution in [0.3, 0.4) is 0 Å². The maximum absolute atomic E-state index is 13.6. The van der Waals surface area contributed by atoms with Crippen molar-refractivity contribution in [1.29, 1.82) is 0 Å². The van der Waals surface area contributed by atoms with Gasteiger partial charge in [-0.1, -0.05) is 26.3 Å². The molecule has 0 spiro atoms. The van der Waals surface area contributed by atoms with Crippen molar-refractivity contribution in [1.82, 2.24) is 4.90 Å². The van der Waals surface area contributed by atoms with Crippen LogP contribution < -0.4 is 0 Å². The number of benzene rings is 1. The van der Waals surface area contributed by atoms with Crippen molar-refractivity contribution in [3.8, 4) is 0 Å². The lowest BCUT2D eigenvalue weighted by atomic mass is 10.1. The van der Waals surface area contributed by atoms with E-state index in [1.165, 1.54) is 12.1 Å². The van der Waals surface area contributed by atoms with E-state index in [4.69, 9.17) is 5.11 Å². The summed E-state index contributed by atoms with van der Waals surface area (Å²) in [6, 6.07) is 4.82. The minimum Gasteiger partial charge on any atom is -0.478 e. The molecule has 0 radical (unpaired) electrons. The zero-order valence-electron chi connectivity index (χ0n) is 12.3. The summed E-state index contributed by atoms with van der Waals surface area (Å²) in [5.41, 5.74) is 1.28. The highest BCUT2D eigenvalue weighted by atomic mass is 19.1. The number of carboxylic acids is 1. The first-order valence-corrected chi connectivity index (χ1v) is 6.80. The van der Waals surface area contributed by atoms with Gasteiger partial charge in [-0.2, -0.15) is 0 Å². The molecule has 1 unspecified atom stereocenters. The van der Waals surface area contributed by atoms with Crippen LogP contribution in [-0.4, -0.2) is 29.6 Å². The van der Waals surface area contributed by atoms with Gasteiger partial charge in [0, 0.05) is 24.7 Å². The van der Waals surface area contributed by atoms with E-state index in [0.29, 0.717) is 11.5 Å². The topological polar surface area (TPSA) is 40.5 Å². The van der Waals surface area contributed by atoms with Crippen LogP contribution in [0, 0.1) is 11.7 Å². The third kappa shape index (κ3) is 5.53. The third-order valence-electron chi connectivity index (χ3n) is 3.24. The normalized spacial score (nSPS) is 13.1. The van der Waals surface area contributed by atoms with Gasteiger partial charge in [0.1, 0.15) is 5.82 Å². The molecule has 0 aliphatic rings. The highest BCUT2D eigenvalue weighted by Gasteiger charge is 2.07. The van der Waals surface area contributed by atoms with E-state index in [0.717, 1.165) is 31.1 Å². The molecule has 0 aliphatic heterocycles. The molecular formula is C16H22FNO2. The molecule has 1 aromatic carbocycles. The molecule has 1 rings (SSSR count). The molecule has 0 bridgehead atoms. The van der Waals surface area contributed by atoms with Gasteiger partial charge in [-0.25, -0.2) is 9.18 Å². The molecule has 4 heteroatoms. The molecule has 20 heavy (non-hydrogen) atoms. The van der Waals surface area contributed by atoms with Crippen molar-refractivity contribution in [2.24, 2.45) is 5.92 Å². The Hall–Kier alpha value is -1.68. The molecule has 0 amide bonds. The first-order chi connectivity index (χ1) is 9.42. The van der Waals surface area contributed by atoms with Crippen molar-refractivity contribution in [2.75, 3.05) is 13.6 Å². The lowest BCUT2D eigenvalue weighted by Gasteiger charge is -2.20. The van der Waals surface area contributed by atoms with E-state index in [9.17, 15) is 9.18 Å². The number of carbonyl (C=O) groups is 1.